The summed E-state index contributed by atoms with van der Waals surface area (Å²) < 4.78 is 0. The van der Waals surface area contributed by atoms with Gasteiger partial charge in [0.25, 0.3) is 0 Å². The van der Waals surface area contributed by atoms with Crippen molar-refractivity contribution in [2.45, 2.75) is 20.3 Å². The van der Waals surface area contributed by atoms with Gasteiger partial charge in [-0.3, -0.25) is 0 Å². The normalized spacial score (nSPS) is 8.00. The van der Waals surface area contributed by atoms with Crippen LogP contribution >= 0.6 is 0 Å². The molecule has 0 aliphatic carbocycles. The van der Waals surface area contributed by atoms with E-state index in [1.54, 1.807) is 0 Å². The third kappa shape index (κ3) is 9.14. The van der Waals surface area contributed by atoms with Gasteiger partial charge < -0.3 is 6.92 Å². The van der Waals surface area contributed by atoms with E-state index >= 15 is 0 Å². The van der Waals surface area contributed by atoms with Crippen molar-refractivity contribution in [1.82, 2.24) is 0 Å². The van der Waals surface area contributed by atoms with Gasteiger partial charge in [0.05, 0.1) is 0 Å². The van der Waals surface area contributed by atoms with Crippen LogP contribution in [-0.4, -0.2) is 0 Å². The van der Waals surface area contributed by atoms with E-state index in [1.165, 1.54) is 0 Å². The molecule has 0 aliphatic rings. The average Bonchev–Trinajstić information content (AvgIpc) is 1.38. The van der Waals surface area contributed by atoms with Gasteiger partial charge in [0.2, 0.25) is 0 Å². The Balaban J connectivity index is 0. The molecule has 0 saturated heterocycles. The molecule has 0 saturated carbocycles. The first kappa shape index (κ1) is 10.5. The molecule has 0 aliphatic heterocycles. The van der Waals surface area contributed by atoms with E-state index in [4.69, 9.17) is 0 Å². The van der Waals surface area contributed by atoms with Gasteiger partial charge in [0.15, 0.2) is 0 Å². The topological polar surface area (TPSA) is 0 Å². The molecule has 0 unspecified atom stereocenters. The van der Waals surface area contributed by atoms with Gasteiger partial charge >= 0.3 is 0 Å². The molecular formula is C5H11Eu-. The Hall–Kier alpha value is 1.58. The Morgan fingerprint density at radius 3 is 1.67 bits per heavy atom. The van der Waals surface area contributed by atoms with Crippen molar-refractivity contribution < 1.29 is 49.4 Å². The summed E-state index contributed by atoms with van der Waals surface area (Å²) in [6, 6.07) is 0. The van der Waals surface area contributed by atoms with Crippen molar-refractivity contribution in [3.05, 3.63) is 6.92 Å². The largest absolute Gasteiger partial charge is 0.343 e. The number of rotatable bonds is 1. The van der Waals surface area contributed by atoms with Crippen LogP contribution in [0.2, 0.25) is 0 Å². The van der Waals surface area contributed by atoms with Crippen LogP contribution in [0.1, 0.15) is 20.3 Å². The molecule has 0 atom stereocenters. The third-order valence-corrected chi connectivity index (χ3v) is 0.577. The zero-order valence-electron chi connectivity index (χ0n) is 4.37. The summed E-state index contributed by atoms with van der Waals surface area (Å²) in [6.45, 7) is 8.00. The van der Waals surface area contributed by atoms with Gasteiger partial charge in [-0.2, -0.15) is 6.42 Å². The minimum absolute atomic E-state index is 0. The first-order valence-electron chi connectivity index (χ1n) is 2.06. The SMILES string of the molecule is [CH2-]CC(C)C.[Eu]. The maximum Gasteiger partial charge on any atom is 0 e. The van der Waals surface area contributed by atoms with Crippen molar-refractivity contribution in [3.63, 3.8) is 0 Å². The molecule has 0 aromatic rings. The molecule has 39 valence electrons. The first-order chi connectivity index (χ1) is 2.27. The molecule has 0 aromatic heterocycles. The van der Waals surface area contributed by atoms with Crippen LogP contribution < -0.4 is 0 Å². The zero-order chi connectivity index (χ0) is 4.28. The summed E-state index contributed by atoms with van der Waals surface area (Å²) in [7, 11) is 0. The summed E-state index contributed by atoms with van der Waals surface area (Å²) in [4.78, 5) is 0. The summed E-state index contributed by atoms with van der Waals surface area (Å²) in [5.74, 6) is 0.773. The van der Waals surface area contributed by atoms with E-state index in [1.807, 2.05) is 0 Å². The van der Waals surface area contributed by atoms with Crippen LogP contribution in [0.4, 0.5) is 0 Å². The third-order valence-electron chi connectivity index (χ3n) is 0.577. The zero-order valence-corrected chi connectivity index (χ0v) is 6.79. The van der Waals surface area contributed by atoms with Crippen molar-refractivity contribution in [1.29, 1.82) is 0 Å². The van der Waals surface area contributed by atoms with Crippen molar-refractivity contribution in [3.8, 4) is 0 Å². The minimum atomic E-state index is 0. The molecule has 0 N–H and O–H groups in total. The molecule has 0 aromatic carbocycles. The second kappa shape index (κ2) is 6.58. The summed E-state index contributed by atoms with van der Waals surface area (Å²) >= 11 is 0. The van der Waals surface area contributed by atoms with Gasteiger partial charge in [-0.1, -0.05) is 19.8 Å². The summed E-state index contributed by atoms with van der Waals surface area (Å²) in [5.41, 5.74) is 0. The molecule has 0 fully saturated rings. The number of hydrogen-bond donors (Lipinski definition) is 0. The monoisotopic (exact) mass is 224 g/mol. The minimum Gasteiger partial charge on any atom is -0.343 e. The van der Waals surface area contributed by atoms with Crippen LogP contribution in [0.25, 0.3) is 0 Å². The van der Waals surface area contributed by atoms with Crippen LogP contribution in [0, 0.1) is 62.2 Å². The Labute approximate surface area is 81.2 Å². The fourth-order valence-corrected chi connectivity index (χ4v) is 0. The molecular weight excluding hydrogens is 212 g/mol. The van der Waals surface area contributed by atoms with E-state index in [9.17, 15) is 0 Å². The first-order valence-corrected chi connectivity index (χ1v) is 2.06. The summed E-state index contributed by atoms with van der Waals surface area (Å²) in [5, 5.41) is 0. The Morgan fingerprint density at radius 1 is 1.50 bits per heavy atom. The van der Waals surface area contributed by atoms with Crippen LogP contribution in [0.3, 0.4) is 0 Å². The van der Waals surface area contributed by atoms with Crippen molar-refractivity contribution in [2.24, 2.45) is 5.92 Å². The maximum absolute atomic E-state index is 3.69. The van der Waals surface area contributed by atoms with Gasteiger partial charge in [0, 0.05) is 49.4 Å². The van der Waals surface area contributed by atoms with Crippen LogP contribution in [0.15, 0.2) is 0 Å². The van der Waals surface area contributed by atoms with Gasteiger partial charge in [-0.15, -0.1) is 0 Å². The Kier molecular flexibility index (Phi) is 11.6. The van der Waals surface area contributed by atoms with E-state index in [0.717, 1.165) is 12.3 Å². The van der Waals surface area contributed by atoms with Gasteiger partial charge in [-0.25, -0.2) is 0 Å². The average molecular weight is 223 g/mol. The van der Waals surface area contributed by atoms with E-state index in [2.05, 4.69) is 20.8 Å². The molecule has 1 heteroatoms. The summed E-state index contributed by atoms with van der Waals surface area (Å²) in [6.07, 6.45) is 1.06. The van der Waals surface area contributed by atoms with Crippen molar-refractivity contribution in [2.75, 3.05) is 0 Å². The molecule has 6 heavy (non-hydrogen) atoms. The fourth-order valence-electron chi connectivity index (χ4n) is 0. The second-order valence-electron chi connectivity index (χ2n) is 1.68. The Morgan fingerprint density at radius 2 is 1.67 bits per heavy atom. The number of hydrogen-bond acceptors (Lipinski definition) is 0. The van der Waals surface area contributed by atoms with Crippen molar-refractivity contribution >= 4 is 0 Å². The molecule has 0 spiro atoms. The van der Waals surface area contributed by atoms with E-state index in [-0.39, 0.29) is 49.4 Å². The molecule has 0 nitrogen and oxygen atoms in total. The van der Waals surface area contributed by atoms with Gasteiger partial charge in [0.1, 0.15) is 0 Å². The van der Waals surface area contributed by atoms with Gasteiger partial charge in [-0.05, 0) is 0 Å². The maximum atomic E-state index is 3.69. The smallest absolute Gasteiger partial charge is 0 e. The Bertz CT molecular complexity index is 17.9. The van der Waals surface area contributed by atoms with E-state index < -0.39 is 0 Å². The molecule has 0 amide bonds. The predicted molar refractivity (Wildman–Crippen MR) is 24.8 cm³/mol. The standard InChI is InChI=1S/C5H11.Eu/c1-4-5(2)3;/h5H,1,4H2,2-3H3;/q-1;. The molecule has 0 heterocycles. The molecule has 0 bridgehead atoms. The predicted octanol–water partition coefficient (Wildman–Crippen LogP) is 1.87. The van der Waals surface area contributed by atoms with Crippen LogP contribution in [-0.2, 0) is 0 Å². The fraction of sp³-hybridized carbons (Fsp3) is 0.800. The molecule has 1 radical (unpaired) electrons. The van der Waals surface area contributed by atoms with Crippen LogP contribution in [0.5, 0.6) is 0 Å². The van der Waals surface area contributed by atoms with E-state index in [0.29, 0.717) is 0 Å². The molecule has 0 rings (SSSR count). The quantitative estimate of drug-likeness (QED) is 0.595. The second-order valence-corrected chi connectivity index (χ2v) is 1.68.